The van der Waals surface area contributed by atoms with Gasteiger partial charge in [-0.2, -0.15) is 0 Å². The second kappa shape index (κ2) is 8.49. The van der Waals surface area contributed by atoms with Crippen LogP contribution in [0.3, 0.4) is 0 Å². The highest BCUT2D eigenvalue weighted by atomic mass is 16.2. The van der Waals surface area contributed by atoms with Crippen LogP contribution in [0.5, 0.6) is 0 Å². The van der Waals surface area contributed by atoms with E-state index in [9.17, 15) is 4.79 Å². The molecule has 0 bridgehead atoms. The summed E-state index contributed by atoms with van der Waals surface area (Å²) in [6, 6.07) is 15.7. The Bertz CT molecular complexity index is 637. The van der Waals surface area contributed by atoms with Crippen molar-refractivity contribution in [2.24, 2.45) is 0 Å². The molecule has 0 radical (unpaired) electrons. The van der Waals surface area contributed by atoms with Gasteiger partial charge in [-0.25, -0.2) is 0 Å². The first-order valence-electron chi connectivity index (χ1n) is 8.28. The third kappa shape index (κ3) is 4.93. The maximum absolute atomic E-state index is 12.8. The molecule has 2 N–H and O–H groups in total. The van der Waals surface area contributed by atoms with Crippen molar-refractivity contribution in [1.29, 1.82) is 0 Å². The Kier molecular flexibility index (Phi) is 6.36. The number of rotatable bonds is 7. The molecule has 122 valence electrons. The van der Waals surface area contributed by atoms with E-state index < -0.39 is 0 Å². The number of nitrogens with one attached hydrogen (secondary N) is 2. The van der Waals surface area contributed by atoms with Gasteiger partial charge in [0.2, 0.25) is 5.91 Å². The molecule has 0 fully saturated rings. The van der Waals surface area contributed by atoms with E-state index in [2.05, 4.69) is 23.6 Å². The second-order valence-corrected chi connectivity index (χ2v) is 5.96. The highest BCUT2D eigenvalue weighted by Crippen LogP contribution is 2.20. The standard InChI is InChI=1S/C20H26N2O/c1-4-5-13-21-19(17-9-7-6-8-10-17)20(23)22-18-14-15(2)11-12-16(18)3/h6-12,14,19,21H,4-5,13H2,1-3H3,(H,22,23)/t19-/m1/s1. The van der Waals surface area contributed by atoms with Crippen LogP contribution in [0.4, 0.5) is 5.69 Å². The molecule has 0 spiro atoms. The van der Waals surface area contributed by atoms with Crippen molar-refractivity contribution in [3.05, 3.63) is 65.2 Å². The molecule has 0 aliphatic rings. The Morgan fingerprint density at radius 2 is 1.83 bits per heavy atom. The van der Waals surface area contributed by atoms with Gasteiger partial charge in [0.15, 0.2) is 0 Å². The van der Waals surface area contributed by atoms with Crippen molar-refractivity contribution in [1.82, 2.24) is 5.32 Å². The summed E-state index contributed by atoms with van der Waals surface area (Å²) in [6.07, 6.45) is 2.16. The maximum Gasteiger partial charge on any atom is 0.246 e. The Balaban J connectivity index is 2.17. The van der Waals surface area contributed by atoms with Gasteiger partial charge in [-0.05, 0) is 49.6 Å². The molecule has 1 amide bonds. The summed E-state index contributed by atoms with van der Waals surface area (Å²) < 4.78 is 0. The normalized spacial score (nSPS) is 12.0. The highest BCUT2D eigenvalue weighted by molar-refractivity contribution is 5.96. The smallest absolute Gasteiger partial charge is 0.246 e. The molecule has 1 atom stereocenters. The Labute approximate surface area is 139 Å². The van der Waals surface area contributed by atoms with E-state index in [1.807, 2.05) is 56.3 Å². The largest absolute Gasteiger partial charge is 0.324 e. The fourth-order valence-corrected chi connectivity index (χ4v) is 2.51. The molecule has 3 nitrogen and oxygen atoms in total. The van der Waals surface area contributed by atoms with Gasteiger partial charge >= 0.3 is 0 Å². The van der Waals surface area contributed by atoms with Crippen molar-refractivity contribution in [3.63, 3.8) is 0 Å². The zero-order valence-electron chi connectivity index (χ0n) is 14.2. The molecule has 2 rings (SSSR count). The number of unbranched alkanes of at least 4 members (excludes halogenated alkanes) is 1. The van der Waals surface area contributed by atoms with Crippen LogP contribution in [0.25, 0.3) is 0 Å². The van der Waals surface area contributed by atoms with E-state index in [0.29, 0.717) is 0 Å². The third-order valence-corrected chi connectivity index (χ3v) is 3.92. The minimum Gasteiger partial charge on any atom is -0.324 e. The van der Waals surface area contributed by atoms with Crippen LogP contribution < -0.4 is 10.6 Å². The first kappa shape index (κ1) is 17.2. The Morgan fingerprint density at radius 3 is 2.52 bits per heavy atom. The summed E-state index contributed by atoms with van der Waals surface area (Å²) in [5, 5.41) is 6.45. The zero-order valence-corrected chi connectivity index (χ0v) is 14.2. The van der Waals surface area contributed by atoms with Crippen molar-refractivity contribution < 1.29 is 4.79 Å². The molecule has 2 aromatic rings. The highest BCUT2D eigenvalue weighted by Gasteiger charge is 2.20. The molecule has 2 aromatic carbocycles. The quantitative estimate of drug-likeness (QED) is 0.745. The van der Waals surface area contributed by atoms with Gasteiger partial charge in [0, 0.05) is 5.69 Å². The third-order valence-electron chi connectivity index (χ3n) is 3.92. The molecule has 23 heavy (non-hydrogen) atoms. The molecular formula is C20H26N2O. The Hall–Kier alpha value is -2.13. The maximum atomic E-state index is 12.8. The fraction of sp³-hybridized carbons (Fsp3) is 0.350. The summed E-state index contributed by atoms with van der Waals surface area (Å²) in [7, 11) is 0. The van der Waals surface area contributed by atoms with Crippen LogP contribution in [0.15, 0.2) is 48.5 Å². The SMILES string of the molecule is CCCCN[C@@H](C(=O)Nc1cc(C)ccc1C)c1ccccc1. The molecule has 0 aliphatic carbocycles. The number of hydrogen-bond donors (Lipinski definition) is 2. The van der Waals surface area contributed by atoms with Crippen molar-refractivity contribution in [3.8, 4) is 0 Å². The summed E-state index contributed by atoms with van der Waals surface area (Å²) in [4.78, 5) is 12.8. The number of amides is 1. The van der Waals surface area contributed by atoms with Crippen LogP contribution >= 0.6 is 0 Å². The van der Waals surface area contributed by atoms with Gasteiger partial charge in [0.1, 0.15) is 6.04 Å². The van der Waals surface area contributed by atoms with Gasteiger partial charge in [-0.15, -0.1) is 0 Å². The van der Waals surface area contributed by atoms with Crippen LogP contribution in [0.1, 0.15) is 42.5 Å². The Morgan fingerprint density at radius 1 is 1.09 bits per heavy atom. The van der Waals surface area contributed by atoms with Crippen molar-refractivity contribution in [2.75, 3.05) is 11.9 Å². The van der Waals surface area contributed by atoms with E-state index in [-0.39, 0.29) is 11.9 Å². The average molecular weight is 310 g/mol. The van der Waals surface area contributed by atoms with E-state index in [1.165, 1.54) is 0 Å². The van der Waals surface area contributed by atoms with E-state index >= 15 is 0 Å². The zero-order chi connectivity index (χ0) is 16.7. The molecule has 3 heteroatoms. The average Bonchev–Trinajstić information content (AvgIpc) is 2.56. The number of benzene rings is 2. The molecule has 0 saturated carbocycles. The summed E-state index contributed by atoms with van der Waals surface area (Å²) >= 11 is 0. The van der Waals surface area contributed by atoms with Gasteiger partial charge < -0.3 is 10.6 Å². The molecular weight excluding hydrogens is 284 g/mol. The van der Waals surface area contributed by atoms with Gasteiger partial charge in [0.05, 0.1) is 0 Å². The minimum absolute atomic E-state index is 0.0130. The number of aryl methyl sites for hydroxylation is 2. The van der Waals surface area contributed by atoms with E-state index in [1.54, 1.807) is 0 Å². The number of hydrogen-bond acceptors (Lipinski definition) is 2. The predicted octanol–water partition coefficient (Wildman–Crippen LogP) is 4.37. The number of carbonyl (C=O) groups is 1. The summed E-state index contributed by atoms with van der Waals surface area (Å²) in [6.45, 7) is 7.02. The van der Waals surface area contributed by atoms with Gasteiger partial charge in [-0.1, -0.05) is 55.8 Å². The van der Waals surface area contributed by atoms with E-state index in [4.69, 9.17) is 0 Å². The fourth-order valence-electron chi connectivity index (χ4n) is 2.51. The van der Waals surface area contributed by atoms with Crippen LogP contribution in [0, 0.1) is 13.8 Å². The summed E-state index contributed by atoms with van der Waals surface area (Å²) in [5.41, 5.74) is 4.09. The number of anilines is 1. The molecule has 0 saturated heterocycles. The van der Waals surface area contributed by atoms with Crippen LogP contribution in [0.2, 0.25) is 0 Å². The first-order valence-corrected chi connectivity index (χ1v) is 8.28. The van der Waals surface area contributed by atoms with Crippen molar-refractivity contribution >= 4 is 11.6 Å². The van der Waals surface area contributed by atoms with Crippen molar-refractivity contribution in [2.45, 2.75) is 39.7 Å². The summed E-state index contributed by atoms with van der Waals surface area (Å²) in [5.74, 6) is -0.0130. The molecule has 0 heterocycles. The topological polar surface area (TPSA) is 41.1 Å². The number of carbonyl (C=O) groups excluding carboxylic acids is 1. The minimum atomic E-state index is -0.331. The first-order chi connectivity index (χ1) is 11.1. The molecule has 0 aliphatic heterocycles. The lowest BCUT2D eigenvalue weighted by molar-refractivity contribution is -0.118. The monoisotopic (exact) mass is 310 g/mol. The van der Waals surface area contributed by atoms with Crippen LogP contribution in [-0.4, -0.2) is 12.5 Å². The molecule has 0 unspecified atom stereocenters. The van der Waals surface area contributed by atoms with E-state index in [0.717, 1.165) is 41.8 Å². The van der Waals surface area contributed by atoms with Crippen LogP contribution in [-0.2, 0) is 4.79 Å². The van der Waals surface area contributed by atoms with Gasteiger partial charge in [0.25, 0.3) is 0 Å². The lowest BCUT2D eigenvalue weighted by Crippen LogP contribution is -2.33. The lowest BCUT2D eigenvalue weighted by atomic mass is 10.0. The lowest BCUT2D eigenvalue weighted by Gasteiger charge is -2.20. The van der Waals surface area contributed by atoms with Gasteiger partial charge in [-0.3, -0.25) is 4.79 Å². The molecule has 0 aromatic heterocycles. The second-order valence-electron chi connectivity index (χ2n) is 5.96. The predicted molar refractivity (Wildman–Crippen MR) is 96.6 cm³/mol.